The van der Waals surface area contributed by atoms with Crippen LogP contribution in [0.5, 0.6) is 5.75 Å². The lowest BCUT2D eigenvalue weighted by atomic mass is 9.93. The number of hydrogen-bond donors (Lipinski definition) is 0. The van der Waals surface area contributed by atoms with Crippen molar-refractivity contribution in [1.29, 1.82) is 0 Å². The van der Waals surface area contributed by atoms with Crippen LogP contribution in [0, 0.1) is 0 Å². The van der Waals surface area contributed by atoms with E-state index in [1.807, 2.05) is 30.3 Å². The molecule has 1 atom stereocenters. The normalized spacial score (nSPS) is 11.8. The van der Waals surface area contributed by atoms with Crippen LogP contribution in [-0.2, 0) is 4.79 Å². The van der Waals surface area contributed by atoms with E-state index >= 15 is 0 Å². The van der Waals surface area contributed by atoms with Crippen LogP contribution in [0.1, 0.15) is 24.3 Å². The van der Waals surface area contributed by atoms with Crippen molar-refractivity contribution >= 4 is 6.29 Å². The maximum Gasteiger partial charge on any atom is 0.120 e. The zero-order chi connectivity index (χ0) is 11.1. The van der Waals surface area contributed by atoms with E-state index in [0.29, 0.717) is 6.42 Å². The number of carbonyl (C=O) groups excluding carboxylic acids is 1. The van der Waals surface area contributed by atoms with Gasteiger partial charge in [0, 0.05) is 6.42 Å². The van der Waals surface area contributed by atoms with E-state index < -0.39 is 0 Å². The molecule has 2 heteroatoms. The average molecular weight is 204 g/mol. The summed E-state index contributed by atoms with van der Waals surface area (Å²) in [5, 5.41) is 0. The van der Waals surface area contributed by atoms with Crippen LogP contribution in [0.25, 0.3) is 0 Å². The van der Waals surface area contributed by atoms with Gasteiger partial charge in [-0.1, -0.05) is 18.2 Å². The minimum Gasteiger partial charge on any atom is -0.497 e. The van der Waals surface area contributed by atoms with Crippen LogP contribution in [-0.4, -0.2) is 13.4 Å². The summed E-state index contributed by atoms with van der Waals surface area (Å²) in [5.41, 5.74) is 1.16. The van der Waals surface area contributed by atoms with Crippen molar-refractivity contribution < 1.29 is 9.53 Å². The minimum atomic E-state index is 0.242. The first kappa shape index (κ1) is 11.5. The van der Waals surface area contributed by atoms with Crippen LogP contribution < -0.4 is 4.74 Å². The molecule has 0 aliphatic carbocycles. The van der Waals surface area contributed by atoms with Gasteiger partial charge in [0.05, 0.1) is 7.11 Å². The Morgan fingerprint density at radius 1 is 1.33 bits per heavy atom. The Morgan fingerprint density at radius 3 is 2.47 bits per heavy atom. The molecule has 0 fully saturated rings. The van der Waals surface area contributed by atoms with Crippen LogP contribution in [0.15, 0.2) is 36.9 Å². The first-order valence-electron chi connectivity index (χ1n) is 5.00. The summed E-state index contributed by atoms with van der Waals surface area (Å²) in [6, 6.07) is 7.82. The summed E-state index contributed by atoms with van der Waals surface area (Å²) in [7, 11) is 1.64. The predicted octanol–water partition coefficient (Wildman–Crippen LogP) is 2.94. The summed E-state index contributed by atoms with van der Waals surface area (Å²) in [4.78, 5) is 10.5. The van der Waals surface area contributed by atoms with E-state index in [4.69, 9.17) is 4.74 Å². The highest BCUT2D eigenvalue weighted by Crippen LogP contribution is 2.24. The van der Waals surface area contributed by atoms with Gasteiger partial charge in [-0.25, -0.2) is 0 Å². The zero-order valence-corrected chi connectivity index (χ0v) is 8.98. The third-order valence-corrected chi connectivity index (χ3v) is 2.42. The summed E-state index contributed by atoms with van der Waals surface area (Å²) < 4.78 is 5.08. The Kier molecular flexibility index (Phi) is 4.61. The summed E-state index contributed by atoms with van der Waals surface area (Å²) >= 11 is 0. The zero-order valence-electron chi connectivity index (χ0n) is 8.98. The molecular formula is C13H16O2. The first-order valence-corrected chi connectivity index (χ1v) is 5.00. The fourth-order valence-corrected chi connectivity index (χ4v) is 1.56. The molecule has 0 aromatic heterocycles. The van der Waals surface area contributed by atoms with Gasteiger partial charge < -0.3 is 9.53 Å². The summed E-state index contributed by atoms with van der Waals surface area (Å²) in [6.45, 7) is 3.70. The lowest BCUT2D eigenvalue weighted by Gasteiger charge is -2.12. The van der Waals surface area contributed by atoms with E-state index in [2.05, 4.69) is 6.58 Å². The molecule has 0 radical (unpaired) electrons. The number of allylic oxidation sites excluding steroid dienone is 1. The van der Waals surface area contributed by atoms with Gasteiger partial charge in [0.15, 0.2) is 0 Å². The monoisotopic (exact) mass is 204 g/mol. The van der Waals surface area contributed by atoms with Crippen molar-refractivity contribution in [3.8, 4) is 5.75 Å². The second-order valence-corrected chi connectivity index (χ2v) is 3.40. The van der Waals surface area contributed by atoms with Gasteiger partial charge >= 0.3 is 0 Å². The topological polar surface area (TPSA) is 26.3 Å². The molecule has 0 heterocycles. The van der Waals surface area contributed by atoms with Crippen molar-refractivity contribution in [2.75, 3.05) is 7.11 Å². The molecule has 0 spiro atoms. The van der Waals surface area contributed by atoms with E-state index in [1.165, 1.54) is 0 Å². The molecule has 1 rings (SSSR count). The maximum atomic E-state index is 10.5. The molecule has 0 saturated heterocycles. The fourth-order valence-electron chi connectivity index (χ4n) is 1.56. The molecule has 0 amide bonds. The minimum absolute atomic E-state index is 0.242. The molecule has 2 nitrogen and oxygen atoms in total. The van der Waals surface area contributed by atoms with Gasteiger partial charge in [-0.05, 0) is 30.0 Å². The van der Waals surface area contributed by atoms with Gasteiger partial charge in [-0.15, -0.1) is 6.58 Å². The van der Waals surface area contributed by atoms with Crippen LogP contribution in [0.2, 0.25) is 0 Å². The fraction of sp³-hybridized carbons (Fsp3) is 0.308. The number of aldehydes is 1. The van der Waals surface area contributed by atoms with Gasteiger partial charge in [0.25, 0.3) is 0 Å². The highest BCUT2D eigenvalue weighted by atomic mass is 16.5. The Hall–Kier alpha value is -1.57. The van der Waals surface area contributed by atoms with Crippen LogP contribution in [0.3, 0.4) is 0 Å². The van der Waals surface area contributed by atoms with Crippen molar-refractivity contribution in [3.63, 3.8) is 0 Å². The third kappa shape index (κ3) is 3.24. The predicted molar refractivity (Wildman–Crippen MR) is 61.2 cm³/mol. The highest BCUT2D eigenvalue weighted by molar-refractivity contribution is 5.52. The molecule has 1 unspecified atom stereocenters. The Balaban J connectivity index is 2.80. The lowest BCUT2D eigenvalue weighted by Crippen LogP contribution is -1.98. The Labute approximate surface area is 90.6 Å². The summed E-state index contributed by atoms with van der Waals surface area (Å²) in [6.07, 6.45) is 4.17. The molecule has 1 aromatic rings. The maximum absolute atomic E-state index is 10.5. The van der Waals surface area contributed by atoms with Crippen LogP contribution >= 0.6 is 0 Å². The van der Waals surface area contributed by atoms with E-state index in [0.717, 1.165) is 24.0 Å². The molecule has 0 aliphatic heterocycles. The first-order chi connectivity index (χ1) is 7.31. The van der Waals surface area contributed by atoms with Crippen LogP contribution in [0.4, 0.5) is 0 Å². The third-order valence-electron chi connectivity index (χ3n) is 2.42. The summed E-state index contributed by atoms with van der Waals surface area (Å²) in [5.74, 6) is 1.08. The van der Waals surface area contributed by atoms with Crippen molar-refractivity contribution in [1.82, 2.24) is 0 Å². The molecule has 0 aliphatic rings. The van der Waals surface area contributed by atoms with Gasteiger partial charge in [-0.3, -0.25) is 0 Å². The molecule has 0 bridgehead atoms. The smallest absolute Gasteiger partial charge is 0.120 e. The standard InChI is InChI=1S/C13H16O2/c1-3-4-11(9-10-14)12-5-7-13(15-2)8-6-12/h3,5-8,10-11H,1,4,9H2,2H3. The van der Waals surface area contributed by atoms with E-state index in [9.17, 15) is 4.79 Å². The molecule has 0 N–H and O–H groups in total. The molecular weight excluding hydrogens is 188 g/mol. The number of carbonyl (C=O) groups is 1. The second kappa shape index (κ2) is 6.02. The SMILES string of the molecule is C=CCC(CC=O)c1ccc(OC)cc1. The second-order valence-electron chi connectivity index (χ2n) is 3.40. The van der Waals surface area contributed by atoms with Crippen molar-refractivity contribution in [2.45, 2.75) is 18.8 Å². The van der Waals surface area contributed by atoms with E-state index in [1.54, 1.807) is 7.11 Å². The van der Waals surface area contributed by atoms with Gasteiger partial charge in [0.1, 0.15) is 12.0 Å². The number of benzene rings is 1. The number of methoxy groups -OCH3 is 1. The molecule has 15 heavy (non-hydrogen) atoms. The lowest BCUT2D eigenvalue weighted by molar-refractivity contribution is -0.108. The molecule has 80 valence electrons. The number of ether oxygens (including phenoxy) is 1. The van der Waals surface area contributed by atoms with E-state index in [-0.39, 0.29) is 5.92 Å². The van der Waals surface area contributed by atoms with Crippen molar-refractivity contribution in [3.05, 3.63) is 42.5 Å². The number of rotatable bonds is 6. The largest absolute Gasteiger partial charge is 0.497 e. The Morgan fingerprint density at radius 2 is 2.00 bits per heavy atom. The van der Waals surface area contributed by atoms with Gasteiger partial charge in [0.2, 0.25) is 0 Å². The molecule has 0 saturated carbocycles. The van der Waals surface area contributed by atoms with Crippen molar-refractivity contribution in [2.24, 2.45) is 0 Å². The Bertz CT molecular complexity index is 304. The average Bonchev–Trinajstić information content (AvgIpc) is 2.29. The van der Waals surface area contributed by atoms with Gasteiger partial charge in [-0.2, -0.15) is 0 Å². The molecule has 1 aromatic carbocycles. The quantitative estimate of drug-likeness (QED) is 0.526. The highest BCUT2D eigenvalue weighted by Gasteiger charge is 2.08. The number of hydrogen-bond acceptors (Lipinski definition) is 2.